The van der Waals surface area contributed by atoms with Gasteiger partial charge in [0, 0.05) is 15.6 Å². The number of halogens is 1. The Balaban J connectivity index is 1.44. The van der Waals surface area contributed by atoms with Crippen LogP contribution >= 0.6 is 15.9 Å². The zero-order valence-corrected chi connectivity index (χ0v) is 17.4. The average molecular weight is 438 g/mol. The Labute approximate surface area is 174 Å². The molecule has 0 radical (unpaired) electrons. The zero-order chi connectivity index (χ0) is 19.3. The van der Waals surface area contributed by atoms with Gasteiger partial charge in [0.2, 0.25) is 5.91 Å². The maximum atomic E-state index is 13.4. The van der Waals surface area contributed by atoms with Crippen LogP contribution < -0.4 is 5.32 Å². The Morgan fingerprint density at radius 1 is 0.893 bits per heavy atom. The first kappa shape index (κ1) is 18.1. The SMILES string of the molecule is O=C(c1ccccc1)c1cc(Br)ccc1NC(=O)C12CC3CC(CC(C3)C1)C2. The van der Waals surface area contributed by atoms with E-state index in [9.17, 15) is 9.59 Å². The highest BCUT2D eigenvalue weighted by Crippen LogP contribution is 2.60. The molecule has 144 valence electrons. The minimum absolute atomic E-state index is 0.0669. The summed E-state index contributed by atoms with van der Waals surface area (Å²) in [6.07, 6.45) is 6.98. The molecular formula is C24H24BrNO2. The highest BCUT2D eigenvalue weighted by molar-refractivity contribution is 9.10. The number of amides is 1. The Morgan fingerprint density at radius 2 is 1.50 bits per heavy atom. The van der Waals surface area contributed by atoms with Crippen molar-refractivity contribution in [3.8, 4) is 0 Å². The van der Waals surface area contributed by atoms with Crippen molar-refractivity contribution in [3.05, 3.63) is 64.1 Å². The molecular weight excluding hydrogens is 414 g/mol. The summed E-state index contributed by atoms with van der Waals surface area (Å²) in [5, 5.41) is 3.16. The summed E-state index contributed by atoms with van der Waals surface area (Å²) in [6, 6.07) is 14.8. The quantitative estimate of drug-likeness (QED) is 0.610. The van der Waals surface area contributed by atoms with Crippen LogP contribution in [0.2, 0.25) is 0 Å². The van der Waals surface area contributed by atoms with Crippen molar-refractivity contribution >= 4 is 33.3 Å². The lowest BCUT2D eigenvalue weighted by Crippen LogP contribution is -2.51. The molecule has 4 aliphatic carbocycles. The van der Waals surface area contributed by atoms with E-state index >= 15 is 0 Å². The summed E-state index contributed by atoms with van der Waals surface area (Å²) in [5.41, 5.74) is 1.57. The predicted octanol–water partition coefficient (Wildman–Crippen LogP) is 5.84. The molecule has 0 atom stereocenters. The van der Waals surface area contributed by atoms with E-state index in [2.05, 4.69) is 21.2 Å². The van der Waals surface area contributed by atoms with Gasteiger partial charge >= 0.3 is 0 Å². The summed E-state index contributed by atoms with van der Waals surface area (Å²) in [5.74, 6) is 2.20. The standard InChI is InChI=1S/C24H24BrNO2/c25-19-6-7-21(20(11-19)22(27)18-4-2-1-3-5-18)26-23(28)24-12-15-8-16(13-24)10-17(9-15)14-24/h1-7,11,15-17H,8-10,12-14H2,(H,26,28). The van der Waals surface area contributed by atoms with Crippen molar-refractivity contribution in [1.29, 1.82) is 0 Å². The summed E-state index contributed by atoms with van der Waals surface area (Å²) >= 11 is 3.47. The topological polar surface area (TPSA) is 46.2 Å². The monoisotopic (exact) mass is 437 g/mol. The molecule has 0 aliphatic heterocycles. The van der Waals surface area contributed by atoms with E-state index in [0.29, 0.717) is 34.6 Å². The van der Waals surface area contributed by atoms with Gasteiger partial charge in [-0.2, -0.15) is 0 Å². The van der Waals surface area contributed by atoms with Crippen molar-refractivity contribution in [2.24, 2.45) is 23.2 Å². The predicted molar refractivity (Wildman–Crippen MR) is 113 cm³/mol. The number of carbonyl (C=O) groups is 2. The Kier molecular flexibility index (Phi) is 4.42. The van der Waals surface area contributed by atoms with Gasteiger partial charge < -0.3 is 5.32 Å². The second kappa shape index (κ2) is 6.84. The maximum Gasteiger partial charge on any atom is 0.230 e. The molecule has 0 heterocycles. The van der Waals surface area contributed by atoms with E-state index < -0.39 is 0 Å². The number of carbonyl (C=O) groups excluding carboxylic acids is 2. The molecule has 0 spiro atoms. The first-order chi connectivity index (χ1) is 13.5. The van der Waals surface area contributed by atoms with Gasteiger partial charge in [0.05, 0.1) is 11.1 Å². The lowest BCUT2D eigenvalue weighted by atomic mass is 9.49. The van der Waals surface area contributed by atoms with E-state index in [1.165, 1.54) is 19.3 Å². The van der Waals surface area contributed by atoms with Crippen LogP contribution in [0.1, 0.15) is 54.4 Å². The number of nitrogens with one attached hydrogen (secondary N) is 1. The lowest BCUT2D eigenvalue weighted by molar-refractivity contribution is -0.140. The minimum Gasteiger partial charge on any atom is -0.325 e. The van der Waals surface area contributed by atoms with Crippen molar-refractivity contribution in [3.63, 3.8) is 0 Å². The van der Waals surface area contributed by atoms with Gasteiger partial charge in [-0.3, -0.25) is 9.59 Å². The van der Waals surface area contributed by atoms with Crippen molar-refractivity contribution < 1.29 is 9.59 Å². The number of anilines is 1. The molecule has 3 nitrogen and oxygen atoms in total. The van der Waals surface area contributed by atoms with Crippen LogP contribution in [0.3, 0.4) is 0 Å². The summed E-state index contributed by atoms with van der Waals surface area (Å²) in [4.78, 5) is 26.5. The highest BCUT2D eigenvalue weighted by Gasteiger charge is 2.54. The molecule has 4 saturated carbocycles. The van der Waals surface area contributed by atoms with Crippen molar-refractivity contribution in [1.82, 2.24) is 0 Å². The van der Waals surface area contributed by atoms with Gasteiger partial charge in [-0.05, 0) is 74.5 Å². The normalized spacial score (nSPS) is 30.2. The first-order valence-electron chi connectivity index (χ1n) is 10.2. The second-order valence-electron chi connectivity index (χ2n) is 9.04. The average Bonchev–Trinajstić information content (AvgIpc) is 2.68. The fraction of sp³-hybridized carbons (Fsp3) is 0.417. The number of ketones is 1. The molecule has 1 amide bonds. The molecule has 4 aliphatic rings. The Morgan fingerprint density at radius 3 is 2.11 bits per heavy atom. The number of hydrogen-bond donors (Lipinski definition) is 1. The van der Waals surface area contributed by atoms with Gasteiger partial charge in [0.15, 0.2) is 5.78 Å². The third kappa shape index (κ3) is 3.12. The lowest BCUT2D eigenvalue weighted by Gasteiger charge is -2.55. The minimum atomic E-state index is -0.227. The van der Waals surface area contributed by atoms with Gasteiger partial charge in [-0.25, -0.2) is 0 Å². The van der Waals surface area contributed by atoms with Crippen LogP contribution in [0, 0.1) is 23.2 Å². The van der Waals surface area contributed by atoms with E-state index in [-0.39, 0.29) is 17.1 Å². The molecule has 28 heavy (non-hydrogen) atoms. The van der Waals surface area contributed by atoms with E-state index in [4.69, 9.17) is 0 Å². The largest absolute Gasteiger partial charge is 0.325 e. The van der Waals surface area contributed by atoms with Gasteiger partial charge in [0.25, 0.3) is 0 Å². The van der Waals surface area contributed by atoms with Crippen LogP contribution in [0.5, 0.6) is 0 Å². The zero-order valence-electron chi connectivity index (χ0n) is 15.8. The fourth-order valence-corrected chi connectivity index (χ4v) is 6.56. The Hall–Kier alpha value is -1.94. The van der Waals surface area contributed by atoms with Crippen molar-refractivity contribution in [2.45, 2.75) is 38.5 Å². The third-order valence-corrected chi connectivity index (χ3v) is 7.52. The van der Waals surface area contributed by atoms with E-state index in [0.717, 1.165) is 23.7 Å². The van der Waals surface area contributed by atoms with Crippen LogP contribution in [0.4, 0.5) is 5.69 Å². The van der Waals surface area contributed by atoms with Gasteiger partial charge in [-0.15, -0.1) is 0 Å². The highest BCUT2D eigenvalue weighted by atomic mass is 79.9. The molecule has 4 fully saturated rings. The van der Waals surface area contributed by atoms with Crippen LogP contribution in [0.25, 0.3) is 0 Å². The van der Waals surface area contributed by atoms with Gasteiger partial charge in [-0.1, -0.05) is 46.3 Å². The molecule has 4 heteroatoms. The fourth-order valence-electron chi connectivity index (χ4n) is 6.20. The molecule has 0 saturated heterocycles. The molecule has 2 aromatic carbocycles. The van der Waals surface area contributed by atoms with Gasteiger partial charge in [0.1, 0.15) is 0 Å². The maximum absolute atomic E-state index is 13.4. The first-order valence-corrected chi connectivity index (χ1v) is 11.0. The molecule has 1 N–H and O–H groups in total. The van der Waals surface area contributed by atoms with Crippen LogP contribution in [0.15, 0.2) is 53.0 Å². The second-order valence-corrected chi connectivity index (χ2v) is 9.95. The molecule has 4 bridgehead atoms. The third-order valence-electron chi connectivity index (χ3n) is 7.03. The summed E-state index contributed by atoms with van der Waals surface area (Å²) < 4.78 is 0.833. The molecule has 0 aromatic heterocycles. The number of hydrogen-bond acceptors (Lipinski definition) is 2. The van der Waals surface area contributed by atoms with E-state index in [1.54, 1.807) is 0 Å². The van der Waals surface area contributed by atoms with E-state index in [1.807, 2.05) is 48.5 Å². The molecule has 2 aromatic rings. The van der Waals surface area contributed by atoms with Crippen LogP contribution in [-0.2, 0) is 4.79 Å². The van der Waals surface area contributed by atoms with Crippen molar-refractivity contribution in [2.75, 3.05) is 5.32 Å². The number of benzene rings is 2. The molecule has 6 rings (SSSR count). The summed E-state index contributed by atoms with van der Waals surface area (Å²) in [6.45, 7) is 0. The Bertz CT molecular complexity index is 902. The number of rotatable bonds is 4. The smallest absolute Gasteiger partial charge is 0.230 e. The molecule has 0 unspecified atom stereocenters. The summed E-state index contributed by atoms with van der Waals surface area (Å²) in [7, 11) is 0. The van der Waals surface area contributed by atoms with Crippen LogP contribution in [-0.4, -0.2) is 11.7 Å².